The molecule has 5 rings (SSSR count). The number of nitrogens with zero attached hydrogens (tertiary/aromatic N) is 2. The van der Waals surface area contributed by atoms with Crippen molar-refractivity contribution in [3.05, 3.63) is 58.4 Å². The fourth-order valence-electron chi connectivity index (χ4n) is 5.54. The van der Waals surface area contributed by atoms with E-state index >= 15 is 0 Å². The first-order valence-electron chi connectivity index (χ1n) is 11.4. The molecule has 168 valence electrons. The van der Waals surface area contributed by atoms with E-state index in [-0.39, 0.29) is 24.3 Å². The first-order valence-corrected chi connectivity index (χ1v) is 11.4. The van der Waals surface area contributed by atoms with E-state index in [1.165, 1.54) is 0 Å². The highest BCUT2D eigenvalue weighted by atomic mass is 16.5. The summed E-state index contributed by atoms with van der Waals surface area (Å²) < 4.78 is 7.86. The second-order valence-electron chi connectivity index (χ2n) is 9.19. The predicted molar refractivity (Wildman–Crippen MR) is 119 cm³/mol. The van der Waals surface area contributed by atoms with Crippen LogP contribution in [0.4, 0.5) is 4.79 Å². The average molecular weight is 436 g/mol. The van der Waals surface area contributed by atoms with Crippen LogP contribution in [0.2, 0.25) is 0 Å². The van der Waals surface area contributed by atoms with Gasteiger partial charge in [-0.2, -0.15) is 0 Å². The quantitative estimate of drug-likeness (QED) is 0.578. The summed E-state index contributed by atoms with van der Waals surface area (Å²) in [5.41, 5.74) is 3.28. The lowest BCUT2D eigenvalue weighted by molar-refractivity contribution is -0.131. The molecule has 32 heavy (non-hydrogen) atoms. The van der Waals surface area contributed by atoms with Gasteiger partial charge in [0.15, 0.2) is 5.78 Å². The standard InChI is InChI=1S/C25H29N3O4/c1-16-13-20(17(2)27(16)14-19-9-6-12-32-19)22(29)15-28-23(30)25(26-24(28)31)11-5-8-18-7-3-4-10-21(18)25/h3-4,7,10,13,19H,5-6,8-9,11-12,14-15H2,1-2H3,(H,26,31)/t19-,25-/m0/s1. The SMILES string of the molecule is Cc1cc(C(=O)CN2C(=O)N[C@]3(CCCc4ccccc43)C2=O)c(C)n1C[C@@H]1CCCO1. The fraction of sp³-hybridized carbons (Fsp3) is 0.480. The zero-order valence-electron chi connectivity index (χ0n) is 18.6. The highest BCUT2D eigenvalue weighted by molar-refractivity contribution is 6.11. The van der Waals surface area contributed by atoms with Gasteiger partial charge in [0.2, 0.25) is 0 Å². The van der Waals surface area contributed by atoms with Crippen molar-refractivity contribution in [2.24, 2.45) is 0 Å². The molecule has 3 heterocycles. The molecule has 2 fully saturated rings. The van der Waals surface area contributed by atoms with Crippen molar-refractivity contribution in [2.45, 2.75) is 64.1 Å². The van der Waals surface area contributed by atoms with Crippen molar-refractivity contribution in [1.29, 1.82) is 0 Å². The van der Waals surface area contributed by atoms with Gasteiger partial charge in [-0.1, -0.05) is 24.3 Å². The molecule has 2 aromatic rings. The zero-order chi connectivity index (χ0) is 22.5. The molecule has 1 aliphatic carbocycles. The van der Waals surface area contributed by atoms with Gasteiger partial charge in [-0.25, -0.2) is 4.79 Å². The number of ether oxygens (including phenoxy) is 1. The minimum atomic E-state index is -1.05. The number of ketones is 1. The molecule has 1 aromatic carbocycles. The number of rotatable bonds is 5. The molecule has 0 unspecified atom stereocenters. The van der Waals surface area contributed by atoms with Crippen LogP contribution in [0.5, 0.6) is 0 Å². The Morgan fingerprint density at radius 1 is 1.22 bits per heavy atom. The van der Waals surface area contributed by atoms with Crippen LogP contribution in [0.1, 0.15) is 58.6 Å². The lowest BCUT2D eigenvalue weighted by Crippen LogP contribution is -2.46. The van der Waals surface area contributed by atoms with Crippen LogP contribution in [0.25, 0.3) is 0 Å². The summed E-state index contributed by atoms with van der Waals surface area (Å²) >= 11 is 0. The molecular weight excluding hydrogens is 406 g/mol. The smallest absolute Gasteiger partial charge is 0.325 e. The number of hydrogen-bond acceptors (Lipinski definition) is 4. The number of fused-ring (bicyclic) bond motifs is 2. The molecular formula is C25H29N3O4. The highest BCUT2D eigenvalue weighted by Gasteiger charge is 2.54. The lowest BCUT2D eigenvalue weighted by Gasteiger charge is -2.33. The summed E-state index contributed by atoms with van der Waals surface area (Å²) in [6.07, 6.45) is 4.50. The summed E-state index contributed by atoms with van der Waals surface area (Å²) in [6, 6.07) is 9.13. The Hall–Kier alpha value is -2.93. The molecule has 2 atom stereocenters. The number of aryl methyl sites for hydroxylation is 2. The number of aromatic nitrogens is 1. The minimum Gasteiger partial charge on any atom is -0.376 e. The van der Waals surface area contributed by atoms with Crippen LogP contribution < -0.4 is 5.32 Å². The first kappa shape index (κ1) is 20.9. The molecule has 0 bridgehead atoms. The van der Waals surface area contributed by atoms with Crippen molar-refractivity contribution >= 4 is 17.7 Å². The van der Waals surface area contributed by atoms with Gasteiger partial charge in [-0.15, -0.1) is 0 Å². The van der Waals surface area contributed by atoms with Crippen LogP contribution in [0, 0.1) is 13.8 Å². The third kappa shape index (κ3) is 3.26. The normalized spacial score (nSPS) is 24.8. The summed E-state index contributed by atoms with van der Waals surface area (Å²) in [6.45, 7) is 5.14. The van der Waals surface area contributed by atoms with Crippen LogP contribution in [-0.4, -0.2) is 46.4 Å². The minimum absolute atomic E-state index is 0.167. The Balaban J connectivity index is 1.38. The Kier molecular flexibility index (Phi) is 5.16. The van der Waals surface area contributed by atoms with Gasteiger partial charge in [0.05, 0.1) is 12.6 Å². The van der Waals surface area contributed by atoms with Crippen LogP contribution >= 0.6 is 0 Å². The zero-order valence-corrected chi connectivity index (χ0v) is 18.6. The summed E-state index contributed by atoms with van der Waals surface area (Å²) in [5.74, 6) is -0.544. The molecule has 2 aliphatic heterocycles. The van der Waals surface area contributed by atoms with Crippen LogP contribution in [-0.2, 0) is 28.0 Å². The molecule has 0 radical (unpaired) electrons. The van der Waals surface area contributed by atoms with Gasteiger partial charge < -0.3 is 14.6 Å². The van der Waals surface area contributed by atoms with E-state index in [0.29, 0.717) is 18.5 Å². The largest absolute Gasteiger partial charge is 0.376 e. The van der Waals surface area contributed by atoms with Crippen LogP contribution in [0.3, 0.4) is 0 Å². The van der Waals surface area contributed by atoms with E-state index in [2.05, 4.69) is 9.88 Å². The number of carbonyl (C=O) groups excluding carboxylic acids is 3. The van der Waals surface area contributed by atoms with Gasteiger partial charge >= 0.3 is 6.03 Å². The number of carbonyl (C=O) groups is 3. The maximum atomic E-state index is 13.5. The Morgan fingerprint density at radius 2 is 2.03 bits per heavy atom. The van der Waals surface area contributed by atoms with Crippen LogP contribution in [0.15, 0.2) is 30.3 Å². The third-order valence-electron chi connectivity index (χ3n) is 7.24. The van der Waals surface area contributed by atoms with E-state index in [9.17, 15) is 14.4 Å². The van der Waals surface area contributed by atoms with E-state index < -0.39 is 11.6 Å². The molecule has 2 saturated heterocycles. The van der Waals surface area contributed by atoms with Crippen molar-refractivity contribution in [1.82, 2.24) is 14.8 Å². The Bertz CT molecular complexity index is 1100. The predicted octanol–water partition coefficient (Wildman–Crippen LogP) is 3.25. The third-order valence-corrected chi connectivity index (χ3v) is 7.24. The Labute approximate surface area is 187 Å². The molecule has 1 spiro atoms. The second kappa shape index (κ2) is 7.89. The van der Waals surface area contributed by atoms with Crippen molar-refractivity contribution in [2.75, 3.05) is 13.2 Å². The van der Waals surface area contributed by atoms with E-state index in [1.54, 1.807) is 0 Å². The summed E-state index contributed by atoms with van der Waals surface area (Å²) in [5, 5.41) is 2.93. The molecule has 7 nitrogen and oxygen atoms in total. The number of nitrogens with one attached hydrogen (secondary N) is 1. The van der Waals surface area contributed by atoms with Crippen molar-refractivity contribution in [3.8, 4) is 0 Å². The van der Waals surface area contributed by atoms with E-state index in [1.807, 2.05) is 44.2 Å². The maximum absolute atomic E-state index is 13.5. The number of hydrogen-bond donors (Lipinski definition) is 1. The second-order valence-corrected chi connectivity index (χ2v) is 9.19. The van der Waals surface area contributed by atoms with E-state index in [4.69, 9.17) is 4.74 Å². The topological polar surface area (TPSA) is 80.6 Å². The summed E-state index contributed by atoms with van der Waals surface area (Å²) in [4.78, 5) is 40.6. The molecule has 1 aromatic heterocycles. The first-order chi connectivity index (χ1) is 15.4. The average Bonchev–Trinajstić information content (AvgIpc) is 3.46. The number of imide groups is 1. The number of benzene rings is 1. The van der Waals surface area contributed by atoms with Gasteiger partial charge in [0, 0.05) is 30.1 Å². The van der Waals surface area contributed by atoms with E-state index in [0.717, 1.165) is 59.7 Å². The maximum Gasteiger partial charge on any atom is 0.325 e. The molecule has 7 heteroatoms. The molecule has 3 aliphatic rings. The molecule has 1 N–H and O–H groups in total. The Morgan fingerprint density at radius 3 is 2.81 bits per heavy atom. The lowest BCUT2D eigenvalue weighted by atomic mass is 9.76. The van der Waals surface area contributed by atoms with Crippen molar-refractivity contribution < 1.29 is 19.1 Å². The van der Waals surface area contributed by atoms with Gasteiger partial charge in [-0.05, 0) is 63.1 Å². The molecule has 0 saturated carbocycles. The summed E-state index contributed by atoms with van der Waals surface area (Å²) in [7, 11) is 0. The monoisotopic (exact) mass is 435 g/mol. The van der Waals surface area contributed by atoms with Gasteiger partial charge in [0.1, 0.15) is 5.54 Å². The van der Waals surface area contributed by atoms with Crippen molar-refractivity contribution in [3.63, 3.8) is 0 Å². The van der Waals surface area contributed by atoms with Gasteiger partial charge in [0.25, 0.3) is 5.91 Å². The molecule has 3 amide bonds. The fourth-order valence-corrected chi connectivity index (χ4v) is 5.54. The number of urea groups is 1. The number of Topliss-reactive ketones (excluding diaryl/α,β-unsaturated/α-hetero) is 1. The van der Waals surface area contributed by atoms with Gasteiger partial charge in [-0.3, -0.25) is 14.5 Å². The highest BCUT2D eigenvalue weighted by Crippen LogP contribution is 2.40. The number of amides is 3.